The quantitative estimate of drug-likeness (QED) is 0.574. The number of aliphatic imine (C=N–C) groups is 1. The number of piperazine rings is 1. The smallest absolute Gasteiger partial charge is 0.191 e. The fourth-order valence-electron chi connectivity index (χ4n) is 3.43. The highest BCUT2D eigenvalue weighted by atomic mass is 16.5. The Morgan fingerprint density at radius 3 is 2.64 bits per heavy atom. The Bertz CT molecular complexity index is 398. The Morgan fingerprint density at radius 2 is 2.05 bits per heavy atom. The normalized spacial score (nSPS) is 33.4. The number of likely N-dealkylation sites (N-methyl/N-ethyl adjacent to an activating group) is 2. The van der Waals surface area contributed by atoms with Crippen molar-refractivity contribution < 1.29 is 4.74 Å². The van der Waals surface area contributed by atoms with Crippen molar-refractivity contribution in [3.8, 4) is 0 Å². The van der Waals surface area contributed by atoms with Crippen molar-refractivity contribution in [1.29, 1.82) is 0 Å². The fourth-order valence-corrected chi connectivity index (χ4v) is 3.43. The Balaban J connectivity index is 1.81. The average Bonchev–Trinajstić information content (AvgIpc) is 2.49. The molecule has 0 aromatic heterocycles. The second kappa shape index (κ2) is 7.15. The third-order valence-corrected chi connectivity index (χ3v) is 5.48. The maximum Gasteiger partial charge on any atom is 0.191 e. The number of rotatable bonds is 4. The summed E-state index contributed by atoms with van der Waals surface area (Å²) in [5, 5.41) is 7.04. The zero-order valence-corrected chi connectivity index (χ0v) is 15.0. The molecule has 2 aliphatic rings. The van der Waals surface area contributed by atoms with Crippen LogP contribution in [0, 0.1) is 5.41 Å². The van der Waals surface area contributed by atoms with E-state index >= 15 is 0 Å². The Morgan fingerprint density at radius 1 is 1.32 bits per heavy atom. The van der Waals surface area contributed by atoms with Crippen molar-refractivity contribution in [2.75, 3.05) is 54.4 Å². The van der Waals surface area contributed by atoms with Gasteiger partial charge in [0.25, 0.3) is 0 Å². The van der Waals surface area contributed by atoms with Crippen LogP contribution in [0.3, 0.4) is 0 Å². The zero-order chi connectivity index (χ0) is 16.3. The van der Waals surface area contributed by atoms with Gasteiger partial charge >= 0.3 is 0 Å². The fraction of sp³-hybridized carbons (Fsp3) is 0.938. The molecule has 1 aliphatic carbocycles. The summed E-state index contributed by atoms with van der Waals surface area (Å²) in [5.41, 5.74) is 0.147. The molecule has 0 aromatic rings. The minimum atomic E-state index is 0.147. The Labute approximate surface area is 135 Å². The Kier molecular flexibility index (Phi) is 5.69. The number of ether oxygens (including phenoxy) is 1. The van der Waals surface area contributed by atoms with E-state index in [4.69, 9.17) is 4.74 Å². The number of nitrogens with zero attached hydrogens (tertiary/aromatic N) is 3. The molecular formula is C16H33N5O. The summed E-state index contributed by atoms with van der Waals surface area (Å²) in [6, 6.07) is 0.939. The van der Waals surface area contributed by atoms with Gasteiger partial charge in [0.15, 0.2) is 5.96 Å². The molecule has 0 spiro atoms. The van der Waals surface area contributed by atoms with Crippen LogP contribution >= 0.6 is 0 Å². The van der Waals surface area contributed by atoms with E-state index in [1.165, 1.54) is 0 Å². The lowest BCUT2D eigenvalue weighted by molar-refractivity contribution is -0.0922. The maximum atomic E-state index is 5.52. The number of hydrogen-bond donors (Lipinski definition) is 2. The number of hydrogen-bond acceptors (Lipinski definition) is 4. The molecule has 1 saturated carbocycles. The molecule has 1 saturated heterocycles. The van der Waals surface area contributed by atoms with Crippen molar-refractivity contribution in [3.05, 3.63) is 0 Å². The summed E-state index contributed by atoms with van der Waals surface area (Å²) in [4.78, 5) is 9.19. The lowest BCUT2D eigenvalue weighted by Gasteiger charge is -2.51. The summed E-state index contributed by atoms with van der Waals surface area (Å²) < 4.78 is 5.52. The molecule has 2 fully saturated rings. The summed E-state index contributed by atoms with van der Waals surface area (Å²) in [6.45, 7) is 8.79. The predicted molar refractivity (Wildman–Crippen MR) is 91.4 cm³/mol. The lowest BCUT2D eigenvalue weighted by atomic mass is 9.64. The van der Waals surface area contributed by atoms with Crippen molar-refractivity contribution in [1.82, 2.24) is 20.4 Å². The minimum Gasteiger partial charge on any atom is -0.381 e. The molecule has 3 atom stereocenters. The van der Waals surface area contributed by atoms with Gasteiger partial charge in [-0.25, -0.2) is 0 Å². The average molecular weight is 311 g/mol. The van der Waals surface area contributed by atoms with E-state index in [-0.39, 0.29) is 5.41 Å². The topological polar surface area (TPSA) is 52.1 Å². The van der Waals surface area contributed by atoms with Gasteiger partial charge < -0.3 is 20.3 Å². The van der Waals surface area contributed by atoms with Gasteiger partial charge in [0.2, 0.25) is 0 Å². The van der Waals surface area contributed by atoms with E-state index in [1.807, 2.05) is 7.05 Å². The standard InChI is InChI=1S/C16H33N5O/c1-16(2)13(9-14(16)22-6)19-15(17-3)18-10-12-11-20(4)7-8-21(12)5/h12-14H,7-11H2,1-6H3,(H2,17,18,19). The molecule has 1 heterocycles. The summed E-state index contributed by atoms with van der Waals surface area (Å²) >= 11 is 0. The molecule has 6 heteroatoms. The maximum absolute atomic E-state index is 5.52. The van der Waals surface area contributed by atoms with Gasteiger partial charge in [-0.3, -0.25) is 9.89 Å². The van der Waals surface area contributed by atoms with Gasteiger partial charge in [0.05, 0.1) is 6.10 Å². The van der Waals surface area contributed by atoms with E-state index in [0.717, 1.165) is 38.6 Å². The molecular weight excluding hydrogens is 278 g/mol. The van der Waals surface area contributed by atoms with Crippen LogP contribution in [0.2, 0.25) is 0 Å². The van der Waals surface area contributed by atoms with Crippen LogP contribution in [0.15, 0.2) is 4.99 Å². The first-order valence-electron chi connectivity index (χ1n) is 8.27. The first-order chi connectivity index (χ1) is 10.4. The molecule has 3 unspecified atom stereocenters. The second-order valence-electron chi connectivity index (χ2n) is 7.33. The van der Waals surface area contributed by atoms with E-state index in [1.54, 1.807) is 7.11 Å². The van der Waals surface area contributed by atoms with Crippen molar-refractivity contribution in [2.24, 2.45) is 10.4 Å². The van der Waals surface area contributed by atoms with E-state index in [9.17, 15) is 0 Å². The number of methoxy groups -OCH3 is 1. The monoisotopic (exact) mass is 311 g/mol. The van der Waals surface area contributed by atoms with E-state index in [2.05, 4.69) is 53.4 Å². The minimum absolute atomic E-state index is 0.147. The highest BCUT2D eigenvalue weighted by Gasteiger charge is 2.48. The molecule has 22 heavy (non-hydrogen) atoms. The van der Waals surface area contributed by atoms with Crippen LogP contribution < -0.4 is 10.6 Å². The van der Waals surface area contributed by atoms with Gasteiger partial charge in [-0.05, 0) is 20.5 Å². The highest BCUT2D eigenvalue weighted by Crippen LogP contribution is 2.42. The van der Waals surface area contributed by atoms with Gasteiger partial charge in [-0.1, -0.05) is 13.8 Å². The largest absolute Gasteiger partial charge is 0.381 e. The van der Waals surface area contributed by atoms with E-state index in [0.29, 0.717) is 18.2 Å². The molecule has 0 aromatic carbocycles. The van der Waals surface area contributed by atoms with Crippen LogP contribution in [-0.2, 0) is 4.74 Å². The van der Waals surface area contributed by atoms with Crippen molar-refractivity contribution in [3.63, 3.8) is 0 Å². The van der Waals surface area contributed by atoms with Crippen LogP contribution in [-0.4, -0.2) is 88.4 Å². The third-order valence-electron chi connectivity index (χ3n) is 5.48. The van der Waals surface area contributed by atoms with Gasteiger partial charge in [0.1, 0.15) is 0 Å². The molecule has 1 aliphatic heterocycles. The van der Waals surface area contributed by atoms with Gasteiger partial charge in [-0.15, -0.1) is 0 Å². The Hall–Kier alpha value is -0.850. The second-order valence-corrected chi connectivity index (χ2v) is 7.33. The molecule has 2 rings (SSSR count). The first-order valence-corrected chi connectivity index (χ1v) is 8.27. The van der Waals surface area contributed by atoms with Crippen molar-refractivity contribution >= 4 is 5.96 Å². The molecule has 2 N–H and O–H groups in total. The van der Waals surface area contributed by atoms with Crippen LogP contribution in [0.1, 0.15) is 20.3 Å². The molecule has 0 amide bonds. The molecule has 6 nitrogen and oxygen atoms in total. The van der Waals surface area contributed by atoms with Gasteiger partial charge in [0, 0.05) is 57.8 Å². The number of nitrogens with one attached hydrogen (secondary N) is 2. The summed E-state index contributed by atoms with van der Waals surface area (Å²) in [6.07, 6.45) is 1.37. The van der Waals surface area contributed by atoms with Crippen molar-refractivity contribution in [2.45, 2.75) is 38.5 Å². The summed E-state index contributed by atoms with van der Waals surface area (Å²) in [5.74, 6) is 0.897. The van der Waals surface area contributed by atoms with E-state index < -0.39 is 0 Å². The lowest BCUT2D eigenvalue weighted by Crippen LogP contribution is -2.64. The SMILES string of the molecule is CN=C(NCC1CN(C)CCN1C)NC1CC(OC)C1(C)C. The van der Waals surface area contributed by atoms with Crippen LogP contribution in [0.25, 0.3) is 0 Å². The highest BCUT2D eigenvalue weighted by molar-refractivity contribution is 5.80. The van der Waals surface area contributed by atoms with Crippen LogP contribution in [0.5, 0.6) is 0 Å². The summed E-state index contributed by atoms with van der Waals surface area (Å²) in [7, 11) is 8.03. The first kappa shape index (κ1) is 17.5. The third kappa shape index (κ3) is 3.73. The van der Waals surface area contributed by atoms with Crippen LogP contribution in [0.4, 0.5) is 0 Å². The predicted octanol–water partition coefficient (Wildman–Crippen LogP) is 0.211. The number of guanidine groups is 1. The van der Waals surface area contributed by atoms with Gasteiger partial charge in [-0.2, -0.15) is 0 Å². The zero-order valence-electron chi connectivity index (χ0n) is 15.0. The molecule has 0 radical (unpaired) electrons. The molecule has 128 valence electrons. The molecule has 0 bridgehead atoms.